The van der Waals surface area contributed by atoms with Crippen LogP contribution < -0.4 is 10.6 Å². The van der Waals surface area contributed by atoms with E-state index >= 15 is 0 Å². The Labute approximate surface area is 95.6 Å². The normalized spacial score (nSPS) is 10.8. The third-order valence-electron chi connectivity index (χ3n) is 2.14. The lowest BCUT2D eigenvalue weighted by Gasteiger charge is -2.04. The van der Waals surface area contributed by atoms with Crippen molar-refractivity contribution < 1.29 is 0 Å². The molecule has 2 N–H and O–H groups in total. The van der Waals surface area contributed by atoms with Crippen molar-refractivity contribution in [1.29, 1.82) is 0 Å². The summed E-state index contributed by atoms with van der Waals surface area (Å²) in [5.74, 6) is 0. The third-order valence-corrected chi connectivity index (χ3v) is 2.90. The van der Waals surface area contributed by atoms with Gasteiger partial charge in [0.15, 0.2) is 0 Å². The molecule has 1 heterocycles. The molecule has 0 aromatic carbocycles. The van der Waals surface area contributed by atoms with E-state index in [-0.39, 0.29) is 0 Å². The van der Waals surface area contributed by atoms with E-state index in [1.54, 1.807) is 0 Å². The van der Waals surface area contributed by atoms with Crippen LogP contribution in [0.1, 0.15) is 30.8 Å². The minimum Gasteiger partial charge on any atom is -0.316 e. The van der Waals surface area contributed by atoms with Gasteiger partial charge in [-0.15, -0.1) is 5.10 Å². The largest absolute Gasteiger partial charge is 0.316 e. The Kier molecular flexibility index (Phi) is 6.47. The van der Waals surface area contributed by atoms with Gasteiger partial charge >= 0.3 is 0 Å². The Morgan fingerprint density at radius 3 is 2.73 bits per heavy atom. The molecule has 1 aromatic heterocycles. The number of hydrogen-bond donors (Lipinski definition) is 2. The number of likely N-dealkylation sites (N-methyl/N-ethyl adjacent to an activating group) is 1. The number of hydrogen-bond acceptors (Lipinski definition) is 5. The summed E-state index contributed by atoms with van der Waals surface area (Å²) in [5.41, 5.74) is 1.17. The highest BCUT2D eigenvalue weighted by atomic mass is 32.1. The number of rotatable bonds is 8. The zero-order valence-corrected chi connectivity index (χ0v) is 10.4. The molecule has 15 heavy (non-hydrogen) atoms. The van der Waals surface area contributed by atoms with Crippen LogP contribution in [0.4, 0.5) is 0 Å². The molecule has 0 saturated carbocycles. The molecule has 0 fully saturated rings. The lowest BCUT2D eigenvalue weighted by molar-refractivity contribution is 0.625. The van der Waals surface area contributed by atoms with Gasteiger partial charge in [0.25, 0.3) is 0 Å². The molecule has 0 aliphatic heterocycles. The van der Waals surface area contributed by atoms with Crippen molar-refractivity contribution >= 4 is 11.5 Å². The highest BCUT2D eigenvalue weighted by molar-refractivity contribution is 7.05. The molecular weight excluding hydrogens is 208 g/mol. The Hall–Kier alpha value is -0.520. The standard InChI is InChI=1S/C10H20N4S/c1-3-5-9-10(15-14-13-9)8-12-7-6-11-4-2/h11-12H,3-8H2,1-2H3. The fourth-order valence-corrected chi connectivity index (χ4v) is 2.00. The molecule has 0 atom stereocenters. The maximum Gasteiger partial charge on any atom is 0.0800 e. The van der Waals surface area contributed by atoms with Gasteiger partial charge in [-0.1, -0.05) is 24.8 Å². The molecule has 5 heteroatoms. The molecule has 0 unspecified atom stereocenters. The third kappa shape index (κ3) is 4.68. The Morgan fingerprint density at radius 2 is 2.00 bits per heavy atom. The van der Waals surface area contributed by atoms with Crippen molar-refractivity contribution in [3.8, 4) is 0 Å². The van der Waals surface area contributed by atoms with Crippen LogP contribution in [0.25, 0.3) is 0 Å². The molecule has 4 nitrogen and oxygen atoms in total. The van der Waals surface area contributed by atoms with E-state index < -0.39 is 0 Å². The van der Waals surface area contributed by atoms with E-state index in [0.29, 0.717) is 0 Å². The number of nitrogens with one attached hydrogen (secondary N) is 2. The molecular formula is C10H20N4S. The summed E-state index contributed by atoms with van der Waals surface area (Å²) in [6.45, 7) is 8.24. The first kappa shape index (κ1) is 12.5. The molecule has 86 valence electrons. The summed E-state index contributed by atoms with van der Waals surface area (Å²) in [4.78, 5) is 1.29. The second kappa shape index (κ2) is 7.73. The van der Waals surface area contributed by atoms with Gasteiger partial charge in [0.2, 0.25) is 0 Å². The Balaban J connectivity index is 2.21. The molecule has 0 spiro atoms. The number of nitrogens with zero attached hydrogens (tertiary/aromatic N) is 2. The smallest absolute Gasteiger partial charge is 0.0800 e. The lowest BCUT2D eigenvalue weighted by Crippen LogP contribution is -2.26. The maximum absolute atomic E-state index is 4.13. The van der Waals surface area contributed by atoms with Gasteiger partial charge < -0.3 is 10.6 Å². The second-order valence-corrected chi connectivity index (χ2v) is 4.26. The average Bonchev–Trinajstić information content (AvgIpc) is 2.66. The summed E-state index contributed by atoms with van der Waals surface area (Å²) in [5, 5.41) is 10.8. The summed E-state index contributed by atoms with van der Waals surface area (Å²) in [6, 6.07) is 0. The van der Waals surface area contributed by atoms with Crippen LogP contribution in [0.2, 0.25) is 0 Å². The zero-order chi connectivity index (χ0) is 10.9. The van der Waals surface area contributed by atoms with Crippen molar-refractivity contribution in [2.24, 2.45) is 0 Å². The molecule has 0 radical (unpaired) electrons. The molecule has 0 aliphatic carbocycles. The van der Waals surface area contributed by atoms with Crippen LogP contribution in [-0.2, 0) is 13.0 Å². The van der Waals surface area contributed by atoms with Gasteiger partial charge in [0.05, 0.1) is 10.6 Å². The van der Waals surface area contributed by atoms with Crippen LogP contribution in [0.5, 0.6) is 0 Å². The van der Waals surface area contributed by atoms with E-state index in [9.17, 15) is 0 Å². The summed E-state index contributed by atoms with van der Waals surface area (Å²) >= 11 is 1.51. The first-order valence-corrected chi connectivity index (χ1v) is 6.37. The predicted octanol–water partition coefficient (Wildman–Crippen LogP) is 1.19. The Bertz CT molecular complexity index is 262. The number of aromatic nitrogens is 2. The van der Waals surface area contributed by atoms with E-state index in [1.807, 2.05) is 0 Å². The van der Waals surface area contributed by atoms with Crippen molar-refractivity contribution in [3.63, 3.8) is 0 Å². The second-order valence-electron chi connectivity index (χ2n) is 3.42. The fourth-order valence-electron chi connectivity index (χ4n) is 1.34. The first-order valence-electron chi connectivity index (χ1n) is 5.60. The van der Waals surface area contributed by atoms with Crippen LogP contribution in [-0.4, -0.2) is 29.2 Å². The van der Waals surface area contributed by atoms with Gasteiger partial charge in [-0.05, 0) is 24.5 Å². The van der Waals surface area contributed by atoms with E-state index in [2.05, 4.69) is 34.1 Å². The molecule has 0 saturated heterocycles. The minimum absolute atomic E-state index is 0.901. The van der Waals surface area contributed by atoms with Crippen molar-refractivity contribution in [1.82, 2.24) is 20.2 Å². The topological polar surface area (TPSA) is 49.8 Å². The number of aryl methyl sites for hydroxylation is 1. The monoisotopic (exact) mass is 228 g/mol. The van der Waals surface area contributed by atoms with Gasteiger partial charge in [-0.25, -0.2) is 0 Å². The van der Waals surface area contributed by atoms with E-state index in [4.69, 9.17) is 0 Å². The predicted molar refractivity (Wildman–Crippen MR) is 64.2 cm³/mol. The van der Waals surface area contributed by atoms with Gasteiger partial charge in [-0.2, -0.15) is 0 Å². The van der Waals surface area contributed by atoms with Crippen molar-refractivity contribution in [2.45, 2.75) is 33.2 Å². The maximum atomic E-state index is 4.13. The molecule has 0 bridgehead atoms. The highest BCUT2D eigenvalue weighted by Crippen LogP contribution is 2.11. The van der Waals surface area contributed by atoms with Crippen molar-refractivity contribution in [3.05, 3.63) is 10.6 Å². The molecule has 0 aliphatic rings. The van der Waals surface area contributed by atoms with E-state index in [1.165, 1.54) is 22.1 Å². The van der Waals surface area contributed by atoms with Gasteiger partial charge in [0, 0.05) is 19.6 Å². The molecule has 1 rings (SSSR count). The van der Waals surface area contributed by atoms with E-state index in [0.717, 1.165) is 39.0 Å². The highest BCUT2D eigenvalue weighted by Gasteiger charge is 2.05. The fraction of sp³-hybridized carbons (Fsp3) is 0.800. The van der Waals surface area contributed by atoms with Crippen LogP contribution in [0.15, 0.2) is 0 Å². The zero-order valence-electron chi connectivity index (χ0n) is 9.55. The minimum atomic E-state index is 0.901. The lowest BCUT2D eigenvalue weighted by atomic mass is 10.2. The van der Waals surface area contributed by atoms with Crippen molar-refractivity contribution in [2.75, 3.05) is 19.6 Å². The van der Waals surface area contributed by atoms with Crippen LogP contribution in [0.3, 0.4) is 0 Å². The summed E-state index contributed by atoms with van der Waals surface area (Å²) in [6.07, 6.45) is 2.18. The van der Waals surface area contributed by atoms with Gasteiger partial charge in [0.1, 0.15) is 0 Å². The summed E-state index contributed by atoms with van der Waals surface area (Å²) in [7, 11) is 0. The summed E-state index contributed by atoms with van der Waals surface area (Å²) < 4.78 is 3.99. The Morgan fingerprint density at radius 1 is 1.20 bits per heavy atom. The van der Waals surface area contributed by atoms with Crippen LogP contribution in [0, 0.1) is 0 Å². The van der Waals surface area contributed by atoms with Crippen LogP contribution >= 0.6 is 11.5 Å². The molecule has 0 amide bonds. The van der Waals surface area contributed by atoms with Gasteiger partial charge in [-0.3, -0.25) is 0 Å². The quantitative estimate of drug-likeness (QED) is 0.656. The first-order chi connectivity index (χ1) is 7.38. The average molecular weight is 228 g/mol. The molecule has 1 aromatic rings. The SMILES string of the molecule is CCCc1nnsc1CNCCNCC.